The lowest BCUT2D eigenvalue weighted by Gasteiger charge is -2.23. The lowest BCUT2D eigenvalue weighted by Crippen LogP contribution is -2.48. The van der Waals surface area contributed by atoms with Crippen LogP contribution in [-0.4, -0.2) is 18.1 Å². The average molecular weight is 260 g/mol. The quantitative estimate of drug-likeness (QED) is 0.857. The Labute approximate surface area is 113 Å². The number of aryl methyl sites for hydroxylation is 1. The SMILES string of the molecule is NC1(C(=O)Nc2ccc3c(c2)CCCO3)CCCC1. The first-order chi connectivity index (χ1) is 9.17. The maximum Gasteiger partial charge on any atom is 0.244 e. The minimum atomic E-state index is -0.674. The van der Waals surface area contributed by atoms with Crippen molar-refractivity contribution in [1.29, 1.82) is 0 Å². The number of hydrogen-bond acceptors (Lipinski definition) is 3. The third kappa shape index (κ3) is 2.45. The Balaban J connectivity index is 1.74. The van der Waals surface area contributed by atoms with Gasteiger partial charge < -0.3 is 15.8 Å². The summed E-state index contributed by atoms with van der Waals surface area (Å²) in [4.78, 5) is 12.2. The molecular formula is C15H20N2O2. The summed E-state index contributed by atoms with van der Waals surface area (Å²) in [6, 6.07) is 5.83. The zero-order valence-corrected chi connectivity index (χ0v) is 11.1. The van der Waals surface area contributed by atoms with Gasteiger partial charge in [-0.05, 0) is 49.4 Å². The number of carbonyl (C=O) groups excluding carboxylic acids is 1. The molecule has 19 heavy (non-hydrogen) atoms. The van der Waals surface area contributed by atoms with Gasteiger partial charge in [0, 0.05) is 5.69 Å². The molecule has 0 spiro atoms. The van der Waals surface area contributed by atoms with Gasteiger partial charge in [0.2, 0.25) is 5.91 Å². The summed E-state index contributed by atoms with van der Waals surface area (Å²) in [6.07, 6.45) is 5.70. The number of anilines is 1. The monoisotopic (exact) mass is 260 g/mol. The van der Waals surface area contributed by atoms with E-state index in [2.05, 4.69) is 5.32 Å². The van der Waals surface area contributed by atoms with Gasteiger partial charge >= 0.3 is 0 Å². The number of benzene rings is 1. The maximum absolute atomic E-state index is 12.2. The van der Waals surface area contributed by atoms with Crippen molar-refractivity contribution in [3.05, 3.63) is 23.8 Å². The molecule has 1 fully saturated rings. The zero-order chi connectivity index (χ0) is 13.3. The van der Waals surface area contributed by atoms with Crippen LogP contribution in [0.3, 0.4) is 0 Å². The number of hydrogen-bond donors (Lipinski definition) is 2. The van der Waals surface area contributed by atoms with Crippen LogP contribution in [0.5, 0.6) is 5.75 Å². The fraction of sp³-hybridized carbons (Fsp3) is 0.533. The van der Waals surface area contributed by atoms with Crippen molar-refractivity contribution in [3.63, 3.8) is 0 Å². The number of nitrogens with one attached hydrogen (secondary N) is 1. The lowest BCUT2D eigenvalue weighted by molar-refractivity contribution is -0.121. The first kappa shape index (κ1) is 12.5. The lowest BCUT2D eigenvalue weighted by atomic mass is 9.97. The molecule has 3 N–H and O–H groups in total. The van der Waals surface area contributed by atoms with Gasteiger partial charge in [-0.1, -0.05) is 12.8 Å². The molecule has 102 valence electrons. The number of amides is 1. The van der Waals surface area contributed by atoms with Crippen LogP contribution in [0.2, 0.25) is 0 Å². The molecule has 1 aliphatic carbocycles. The standard InChI is InChI=1S/C15H20N2O2/c16-15(7-1-2-8-15)14(18)17-12-5-6-13-11(10-12)4-3-9-19-13/h5-6,10H,1-4,7-9,16H2,(H,17,18). The summed E-state index contributed by atoms with van der Waals surface area (Å²) in [7, 11) is 0. The molecule has 1 aromatic carbocycles. The van der Waals surface area contributed by atoms with Crippen molar-refractivity contribution >= 4 is 11.6 Å². The van der Waals surface area contributed by atoms with Crippen molar-refractivity contribution in [3.8, 4) is 5.75 Å². The summed E-state index contributed by atoms with van der Waals surface area (Å²) in [5.74, 6) is 0.884. The van der Waals surface area contributed by atoms with Crippen LogP contribution in [0.4, 0.5) is 5.69 Å². The molecule has 1 heterocycles. The molecule has 3 rings (SSSR count). The molecule has 0 saturated heterocycles. The fourth-order valence-corrected chi connectivity index (χ4v) is 2.93. The van der Waals surface area contributed by atoms with E-state index < -0.39 is 5.54 Å². The predicted octanol–water partition coefficient (Wildman–Crippen LogP) is 2.22. The minimum absolute atomic E-state index is 0.0540. The highest BCUT2D eigenvalue weighted by molar-refractivity contribution is 5.98. The molecule has 0 aromatic heterocycles. The first-order valence-electron chi connectivity index (χ1n) is 7.03. The highest BCUT2D eigenvalue weighted by Crippen LogP contribution is 2.30. The third-order valence-electron chi connectivity index (χ3n) is 4.11. The van der Waals surface area contributed by atoms with E-state index in [4.69, 9.17) is 10.5 Å². The van der Waals surface area contributed by atoms with E-state index in [0.29, 0.717) is 0 Å². The molecule has 1 aliphatic heterocycles. The summed E-state index contributed by atoms with van der Waals surface area (Å²) < 4.78 is 5.57. The number of carbonyl (C=O) groups is 1. The van der Waals surface area contributed by atoms with Gasteiger partial charge in [0.25, 0.3) is 0 Å². The van der Waals surface area contributed by atoms with Gasteiger partial charge in [0.15, 0.2) is 0 Å². The van der Waals surface area contributed by atoms with Crippen LogP contribution in [0, 0.1) is 0 Å². The van der Waals surface area contributed by atoms with Crippen LogP contribution in [0.1, 0.15) is 37.7 Å². The Kier molecular flexibility index (Phi) is 3.19. The van der Waals surface area contributed by atoms with E-state index in [0.717, 1.165) is 56.6 Å². The summed E-state index contributed by atoms with van der Waals surface area (Å²) in [5.41, 5.74) is 7.47. The van der Waals surface area contributed by atoms with E-state index in [1.165, 1.54) is 5.56 Å². The molecule has 1 aromatic rings. The smallest absolute Gasteiger partial charge is 0.244 e. The molecule has 0 radical (unpaired) electrons. The molecule has 4 heteroatoms. The Bertz CT molecular complexity index is 493. The van der Waals surface area contributed by atoms with E-state index in [1.807, 2.05) is 18.2 Å². The number of rotatable bonds is 2. The van der Waals surface area contributed by atoms with Gasteiger partial charge in [0.1, 0.15) is 5.75 Å². The van der Waals surface area contributed by atoms with Crippen LogP contribution in [-0.2, 0) is 11.2 Å². The highest BCUT2D eigenvalue weighted by Gasteiger charge is 2.37. The normalized spacial score (nSPS) is 20.5. The van der Waals surface area contributed by atoms with Gasteiger partial charge in [0.05, 0.1) is 12.1 Å². The first-order valence-corrected chi connectivity index (χ1v) is 7.03. The van der Waals surface area contributed by atoms with Crippen molar-refractivity contribution in [2.45, 2.75) is 44.1 Å². The van der Waals surface area contributed by atoms with E-state index in [-0.39, 0.29) is 5.91 Å². The second kappa shape index (κ2) is 4.85. The number of fused-ring (bicyclic) bond motifs is 1. The van der Waals surface area contributed by atoms with E-state index in [1.54, 1.807) is 0 Å². The number of ether oxygens (including phenoxy) is 1. The Morgan fingerprint density at radius 2 is 2.05 bits per heavy atom. The molecule has 4 nitrogen and oxygen atoms in total. The molecular weight excluding hydrogens is 240 g/mol. The Hall–Kier alpha value is -1.55. The average Bonchev–Trinajstić information content (AvgIpc) is 2.87. The van der Waals surface area contributed by atoms with E-state index >= 15 is 0 Å². The van der Waals surface area contributed by atoms with Crippen molar-refractivity contribution in [1.82, 2.24) is 0 Å². The molecule has 1 saturated carbocycles. The second-order valence-electron chi connectivity index (χ2n) is 5.59. The Morgan fingerprint density at radius 3 is 2.84 bits per heavy atom. The molecule has 0 bridgehead atoms. The van der Waals surface area contributed by atoms with Crippen molar-refractivity contribution < 1.29 is 9.53 Å². The van der Waals surface area contributed by atoms with Crippen LogP contribution in [0.25, 0.3) is 0 Å². The van der Waals surface area contributed by atoms with Gasteiger partial charge in [-0.25, -0.2) is 0 Å². The van der Waals surface area contributed by atoms with E-state index in [9.17, 15) is 4.79 Å². The third-order valence-corrected chi connectivity index (χ3v) is 4.11. The second-order valence-corrected chi connectivity index (χ2v) is 5.59. The van der Waals surface area contributed by atoms with Gasteiger partial charge in [-0.15, -0.1) is 0 Å². The largest absolute Gasteiger partial charge is 0.493 e. The zero-order valence-electron chi connectivity index (χ0n) is 11.1. The predicted molar refractivity (Wildman–Crippen MR) is 74.3 cm³/mol. The summed E-state index contributed by atoms with van der Waals surface area (Å²) in [5, 5.41) is 2.95. The Morgan fingerprint density at radius 1 is 1.26 bits per heavy atom. The van der Waals surface area contributed by atoms with Crippen molar-refractivity contribution in [2.75, 3.05) is 11.9 Å². The maximum atomic E-state index is 12.2. The van der Waals surface area contributed by atoms with Gasteiger partial charge in [-0.2, -0.15) is 0 Å². The van der Waals surface area contributed by atoms with Crippen LogP contribution in [0.15, 0.2) is 18.2 Å². The molecule has 0 unspecified atom stereocenters. The summed E-state index contributed by atoms with van der Waals surface area (Å²) >= 11 is 0. The molecule has 0 atom stereocenters. The van der Waals surface area contributed by atoms with Crippen LogP contribution >= 0.6 is 0 Å². The fourth-order valence-electron chi connectivity index (χ4n) is 2.93. The van der Waals surface area contributed by atoms with Gasteiger partial charge in [-0.3, -0.25) is 4.79 Å². The topological polar surface area (TPSA) is 64.4 Å². The van der Waals surface area contributed by atoms with Crippen molar-refractivity contribution in [2.24, 2.45) is 5.73 Å². The molecule has 2 aliphatic rings. The highest BCUT2D eigenvalue weighted by atomic mass is 16.5. The minimum Gasteiger partial charge on any atom is -0.493 e. The number of nitrogens with two attached hydrogens (primary N) is 1. The van der Waals surface area contributed by atoms with Crippen LogP contribution < -0.4 is 15.8 Å². The summed E-state index contributed by atoms with van der Waals surface area (Å²) in [6.45, 7) is 0.782. The molecule has 1 amide bonds.